The van der Waals surface area contributed by atoms with Crippen LogP contribution in [0, 0.1) is 11.8 Å². The average molecular weight is 260 g/mol. The van der Waals surface area contributed by atoms with Crippen LogP contribution in [0.1, 0.15) is 40.1 Å². The van der Waals surface area contributed by atoms with Crippen LogP contribution in [0.5, 0.6) is 0 Å². The molecule has 1 fully saturated rings. The number of aromatic nitrogens is 1. The maximum Gasteiger partial charge on any atom is 0.280 e. The number of carbonyl (C=O) groups is 2. The Hall–Kier alpha value is -1.75. The predicted octanol–water partition coefficient (Wildman–Crippen LogP) is 1.09. The molecule has 2 aliphatic rings. The minimum absolute atomic E-state index is 0.131. The Kier molecular flexibility index (Phi) is 3.06. The molecule has 2 unspecified atom stereocenters. The monoisotopic (exact) mass is 260 g/mol. The zero-order chi connectivity index (χ0) is 13.4. The molecule has 1 aromatic rings. The van der Waals surface area contributed by atoms with E-state index in [1.807, 2.05) is 0 Å². The van der Waals surface area contributed by atoms with Crippen LogP contribution >= 0.6 is 0 Å². The summed E-state index contributed by atoms with van der Waals surface area (Å²) in [7, 11) is 0. The van der Waals surface area contributed by atoms with Crippen molar-refractivity contribution < 1.29 is 14.7 Å². The first kappa shape index (κ1) is 12.3. The molecule has 19 heavy (non-hydrogen) atoms. The lowest BCUT2D eigenvalue weighted by Gasteiger charge is -2.22. The molecule has 1 aromatic heterocycles. The van der Waals surface area contributed by atoms with Gasteiger partial charge >= 0.3 is 0 Å². The third-order valence-electron chi connectivity index (χ3n) is 4.20. The van der Waals surface area contributed by atoms with E-state index in [1.165, 1.54) is 11.1 Å². The fourth-order valence-corrected chi connectivity index (χ4v) is 3.11. The van der Waals surface area contributed by atoms with Gasteiger partial charge in [-0.25, -0.2) is 0 Å². The van der Waals surface area contributed by atoms with Crippen LogP contribution < -0.4 is 0 Å². The Balaban J connectivity index is 1.81. The number of amides is 2. The molecule has 0 aromatic carbocycles. The van der Waals surface area contributed by atoms with E-state index < -0.39 is 0 Å². The summed E-state index contributed by atoms with van der Waals surface area (Å²) in [6.07, 6.45) is 4.52. The van der Waals surface area contributed by atoms with Gasteiger partial charge in [0.15, 0.2) is 0 Å². The zero-order valence-corrected chi connectivity index (χ0v) is 10.6. The summed E-state index contributed by atoms with van der Waals surface area (Å²) in [6, 6.07) is 3.31. The first-order valence-corrected chi connectivity index (χ1v) is 6.64. The highest BCUT2D eigenvalue weighted by Crippen LogP contribution is 2.33. The molecule has 0 spiro atoms. The third-order valence-corrected chi connectivity index (χ3v) is 4.20. The molecule has 0 bridgehead atoms. The van der Waals surface area contributed by atoms with Gasteiger partial charge in [-0.2, -0.15) is 0 Å². The predicted molar refractivity (Wildman–Crippen MR) is 67.5 cm³/mol. The Labute approximate surface area is 111 Å². The van der Waals surface area contributed by atoms with Gasteiger partial charge in [-0.3, -0.25) is 19.5 Å². The number of fused-ring (bicyclic) bond motifs is 1. The molecule has 2 amide bonds. The van der Waals surface area contributed by atoms with Gasteiger partial charge in [0.25, 0.3) is 11.8 Å². The van der Waals surface area contributed by atoms with Crippen LogP contribution in [0.15, 0.2) is 18.3 Å². The number of aliphatic hydroxyl groups is 1. The van der Waals surface area contributed by atoms with E-state index in [0.717, 1.165) is 19.3 Å². The van der Waals surface area contributed by atoms with Crippen LogP contribution in [0.3, 0.4) is 0 Å². The van der Waals surface area contributed by atoms with Crippen molar-refractivity contribution in [2.24, 2.45) is 11.8 Å². The van der Waals surface area contributed by atoms with Crippen LogP contribution in [0.4, 0.5) is 0 Å². The molecule has 1 saturated carbocycles. The average Bonchev–Trinajstić information content (AvgIpc) is 2.98. The van der Waals surface area contributed by atoms with E-state index in [9.17, 15) is 14.7 Å². The Bertz CT molecular complexity index is 494. The molecule has 2 atom stereocenters. The van der Waals surface area contributed by atoms with E-state index in [1.54, 1.807) is 12.1 Å². The van der Waals surface area contributed by atoms with Gasteiger partial charge in [0.05, 0.1) is 5.56 Å². The van der Waals surface area contributed by atoms with Crippen LogP contribution in [0.2, 0.25) is 0 Å². The van der Waals surface area contributed by atoms with Gasteiger partial charge in [0.2, 0.25) is 0 Å². The number of hydrogen-bond donors (Lipinski definition) is 1. The van der Waals surface area contributed by atoms with Gasteiger partial charge in [-0.15, -0.1) is 0 Å². The van der Waals surface area contributed by atoms with Crippen molar-refractivity contribution in [1.82, 2.24) is 9.88 Å². The molecule has 100 valence electrons. The van der Waals surface area contributed by atoms with Crippen molar-refractivity contribution in [3.63, 3.8) is 0 Å². The highest BCUT2D eigenvalue weighted by atomic mass is 16.3. The largest absolute Gasteiger partial charge is 0.396 e. The Morgan fingerprint density at radius 1 is 1.26 bits per heavy atom. The summed E-state index contributed by atoms with van der Waals surface area (Å²) in [5, 5.41) is 9.32. The standard InChI is InChI=1S/C14H16N2O3/c17-8-10-4-1-3-9(10)7-16-13(18)11-5-2-6-15-12(11)14(16)19/h2,5-6,9-10,17H,1,3-4,7-8H2. The Morgan fingerprint density at radius 3 is 2.79 bits per heavy atom. The maximum absolute atomic E-state index is 12.2. The van der Waals surface area contributed by atoms with E-state index in [2.05, 4.69) is 4.98 Å². The number of imide groups is 1. The second-order valence-electron chi connectivity index (χ2n) is 5.25. The number of carbonyl (C=O) groups excluding carboxylic acids is 2. The number of nitrogens with zero attached hydrogens (tertiary/aromatic N) is 2. The van der Waals surface area contributed by atoms with E-state index in [-0.39, 0.29) is 36.0 Å². The molecule has 2 heterocycles. The lowest BCUT2D eigenvalue weighted by atomic mass is 9.96. The SMILES string of the molecule is O=C1c2cccnc2C(=O)N1CC1CCCC1CO. The molecule has 3 rings (SSSR count). The van der Waals surface area contributed by atoms with E-state index in [0.29, 0.717) is 12.1 Å². The molecular formula is C14H16N2O3. The summed E-state index contributed by atoms with van der Waals surface area (Å²) < 4.78 is 0. The normalized spacial score (nSPS) is 26.1. The van der Waals surface area contributed by atoms with Gasteiger partial charge in [0.1, 0.15) is 5.69 Å². The van der Waals surface area contributed by atoms with Crippen molar-refractivity contribution in [3.8, 4) is 0 Å². The number of hydrogen-bond acceptors (Lipinski definition) is 4. The first-order valence-electron chi connectivity index (χ1n) is 6.64. The Morgan fingerprint density at radius 2 is 2.05 bits per heavy atom. The van der Waals surface area contributed by atoms with Crippen molar-refractivity contribution >= 4 is 11.8 Å². The molecule has 1 aliphatic carbocycles. The molecule has 5 heteroatoms. The van der Waals surface area contributed by atoms with Gasteiger partial charge in [-0.1, -0.05) is 6.42 Å². The van der Waals surface area contributed by atoms with Gasteiger partial charge < -0.3 is 5.11 Å². The second kappa shape index (κ2) is 4.74. The third kappa shape index (κ3) is 1.94. The summed E-state index contributed by atoms with van der Waals surface area (Å²) in [5.41, 5.74) is 0.650. The summed E-state index contributed by atoms with van der Waals surface area (Å²) >= 11 is 0. The first-order chi connectivity index (χ1) is 9.22. The number of aliphatic hydroxyl groups excluding tert-OH is 1. The molecule has 5 nitrogen and oxygen atoms in total. The van der Waals surface area contributed by atoms with Crippen molar-refractivity contribution in [2.45, 2.75) is 19.3 Å². The lowest BCUT2D eigenvalue weighted by molar-refractivity contribution is 0.0600. The molecule has 1 N–H and O–H groups in total. The van der Waals surface area contributed by atoms with E-state index in [4.69, 9.17) is 0 Å². The highest BCUT2D eigenvalue weighted by Gasteiger charge is 2.39. The van der Waals surface area contributed by atoms with Gasteiger partial charge in [-0.05, 0) is 36.8 Å². The second-order valence-corrected chi connectivity index (χ2v) is 5.25. The summed E-state index contributed by atoms with van der Waals surface area (Å²) in [4.78, 5) is 29.6. The van der Waals surface area contributed by atoms with E-state index >= 15 is 0 Å². The fraction of sp³-hybridized carbons (Fsp3) is 0.500. The van der Waals surface area contributed by atoms with Crippen molar-refractivity contribution in [2.75, 3.05) is 13.2 Å². The molecular weight excluding hydrogens is 244 g/mol. The van der Waals surface area contributed by atoms with Gasteiger partial charge in [0, 0.05) is 19.3 Å². The smallest absolute Gasteiger partial charge is 0.280 e. The topological polar surface area (TPSA) is 70.5 Å². The fourth-order valence-electron chi connectivity index (χ4n) is 3.11. The minimum Gasteiger partial charge on any atom is -0.396 e. The van der Waals surface area contributed by atoms with Crippen LogP contribution in [-0.4, -0.2) is 40.0 Å². The van der Waals surface area contributed by atoms with Crippen LogP contribution in [0.25, 0.3) is 0 Å². The minimum atomic E-state index is -0.302. The lowest BCUT2D eigenvalue weighted by Crippen LogP contribution is -2.36. The number of pyridine rings is 1. The zero-order valence-electron chi connectivity index (χ0n) is 10.6. The van der Waals surface area contributed by atoms with Crippen molar-refractivity contribution in [1.29, 1.82) is 0 Å². The summed E-state index contributed by atoms with van der Waals surface area (Å²) in [5.74, 6) is -0.134. The van der Waals surface area contributed by atoms with Crippen LogP contribution in [-0.2, 0) is 0 Å². The van der Waals surface area contributed by atoms with Crippen molar-refractivity contribution in [3.05, 3.63) is 29.6 Å². The maximum atomic E-state index is 12.2. The number of rotatable bonds is 3. The molecule has 1 aliphatic heterocycles. The summed E-state index contributed by atoms with van der Waals surface area (Å²) in [6.45, 7) is 0.533. The highest BCUT2D eigenvalue weighted by molar-refractivity contribution is 6.20. The quantitative estimate of drug-likeness (QED) is 0.826. The molecule has 0 radical (unpaired) electrons. The molecule has 0 saturated heterocycles.